The molecule has 2 aromatic rings. The largest absolute Gasteiger partial charge is 0.390 e. The number of aliphatic hydroxyl groups excluding tert-OH is 1. The number of hydrogen-bond acceptors (Lipinski definition) is 6. The zero-order chi connectivity index (χ0) is 16.9. The van der Waals surface area contributed by atoms with Crippen LogP contribution in [0.5, 0.6) is 0 Å². The minimum Gasteiger partial charge on any atom is -0.390 e. The van der Waals surface area contributed by atoms with Crippen molar-refractivity contribution in [3.8, 4) is 0 Å². The first-order valence-corrected chi connectivity index (χ1v) is 8.77. The number of hydrogen-bond donors (Lipinski definition) is 1. The third kappa shape index (κ3) is 3.90. The second kappa shape index (κ2) is 7.70. The zero-order valence-corrected chi connectivity index (χ0v) is 14.5. The van der Waals surface area contributed by atoms with E-state index >= 15 is 0 Å². The van der Waals surface area contributed by atoms with Crippen LogP contribution in [-0.4, -0.2) is 43.2 Å². The Labute approximate surface area is 142 Å². The predicted octanol–water partition coefficient (Wildman–Crippen LogP) is 1.74. The molecule has 7 heteroatoms. The van der Waals surface area contributed by atoms with E-state index in [9.17, 15) is 0 Å². The summed E-state index contributed by atoms with van der Waals surface area (Å²) in [6.45, 7) is 6.99. The maximum Gasteiger partial charge on any atom is 0.135 e. The van der Waals surface area contributed by atoms with Gasteiger partial charge in [-0.05, 0) is 32.1 Å². The molecule has 1 fully saturated rings. The molecule has 1 aliphatic heterocycles. The van der Waals surface area contributed by atoms with Crippen molar-refractivity contribution in [1.82, 2.24) is 25.0 Å². The molecule has 1 N–H and O–H groups in total. The number of nitrogens with zero attached hydrogens (tertiary/aromatic N) is 6. The highest BCUT2D eigenvalue weighted by molar-refractivity contribution is 5.46. The Balaban J connectivity index is 1.61. The molecule has 7 nitrogen and oxygen atoms in total. The molecule has 3 heterocycles. The Morgan fingerprint density at radius 2 is 2.08 bits per heavy atom. The van der Waals surface area contributed by atoms with Gasteiger partial charge < -0.3 is 10.0 Å². The molecule has 1 aliphatic rings. The number of rotatable bonds is 6. The second-order valence-corrected chi connectivity index (χ2v) is 6.54. The standard InChI is InChI=1S/C17H26N6O/c1-3-4-15-9-18-13(2)19-17(15)22-7-5-14(6-8-22)10-23-11-16(12-24)20-21-23/h9,11,14,24H,3-8,10,12H2,1-2H3. The van der Waals surface area contributed by atoms with Gasteiger partial charge in [0.2, 0.25) is 0 Å². The smallest absolute Gasteiger partial charge is 0.135 e. The molecule has 0 bridgehead atoms. The van der Waals surface area contributed by atoms with E-state index in [4.69, 9.17) is 10.1 Å². The maximum atomic E-state index is 9.08. The van der Waals surface area contributed by atoms with Crippen LogP contribution in [-0.2, 0) is 19.6 Å². The third-order valence-corrected chi connectivity index (χ3v) is 4.59. The van der Waals surface area contributed by atoms with Crippen LogP contribution in [0, 0.1) is 12.8 Å². The van der Waals surface area contributed by atoms with Crippen molar-refractivity contribution >= 4 is 5.82 Å². The number of piperidine rings is 1. The zero-order valence-electron chi connectivity index (χ0n) is 14.5. The summed E-state index contributed by atoms with van der Waals surface area (Å²) in [5.74, 6) is 2.55. The summed E-state index contributed by atoms with van der Waals surface area (Å²) in [6, 6.07) is 0. The second-order valence-electron chi connectivity index (χ2n) is 6.54. The lowest BCUT2D eigenvalue weighted by Gasteiger charge is -2.33. The Morgan fingerprint density at radius 3 is 2.75 bits per heavy atom. The lowest BCUT2D eigenvalue weighted by Crippen LogP contribution is -2.36. The average molecular weight is 330 g/mol. The predicted molar refractivity (Wildman–Crippen MR) is 91.6 cm³/mol. The highest BCUT2D eigenvalue weighted by Gasteiger charge is 2.23. The molecular formula is C17H26N6O. The van der Waals surface area contributed by atoms with Gasteiger partial charge in [0.15, 0.2) is 0 Å². The molecule has 2 aromatic heterocycles. The van der Waals surface area contributed by atoms with E-state index in [0.717, 1.165) is 57.0 Å². The van der Waals surface area contributed by atoms with Crippen molar-refractivity contribution in [3.63, 3.8) is 0 Å². The molecule has 0 radical (unpaired) electrons. The molecule has 0 spiro atoms. The minimum atomic E-state index is -0.0499. The van der Waals surface area contributed by atoms with Crippen LogP contribution in [0.25, 0.3) is 0 Å². The minimum absolute atomic E-state index is 0.0499. The van der Waals surface area contributed by atoms with Gasteiger partial charge in [-0.2, -0.15) is 0 Å². The van der Waals surface area contributed by atoms with E-state index in [1.165, 1.54) is 5.56 Å². The first-order valence-electron chi connectivity index (χ1n) is 8.77. The van der Waals surface area contributed by atoms with Crippen LogP contribution in [0.4, 0.5) is 5.82 Å². The first kappa shape index (κ1) is 16.8. The molecule has 24 heavy (non-hydrogen) atoms. The van der Waals surface area contributed by atoms with Crippen molar-refractivity contribution in [2.75, 3.05) is 18.0 Å². The molecule has 130 valence electrons. The van der Waals surface area contributed by atoms with Crippen LogP contribution in [0.2, 0.25) is 0 Å². The van der Waals surface area contributed by atoms with Crippen molar-refractivity contribution in [1.29, 1.82) is 0 Å². The Hall–Kier alpha value is -2.02. The van der Waals surface area contributed by atoms with E-state index < -0.39 is 0 Å². The van der Waals surface area contributed by atoms with E-state index in [2.05, 4.69) is 27.1 Å². The van der Waals surface area contributed by atoms with Crippen molar-refractivity contribution in [3.05, 3.63) is 29.5 Å². The fourth-order valence-electron chi connectivity index (χ4n) is 3.29. The molecule has 1 saturated heterocycles. The van der Waals surface area contributed by atoms with Gasteiger partial charge in [-0.15, -0.1) is 5.10 Å². The molecule has 0 saturated carbocycles. The van der Waals surface area contributed by atoms with Gasteiger partial charge in [0, 0.05) is 31.4 Å². The number of aryl methyl sites for hydroxylation is 2. The van der Waals surface area contributed by atoms with Crippen LogP contribution in [0.15, 0.2) is 12.4 Å². The molecule has 3 rings (SSSR count). The Kier molecular flexibility index (Phi) is 5.40. The summed E-state index contributed by atoms with van der Waals surface area (Å²) >= 11 is 0. The van der Waals surface area contributed by atoms with E-state index in [-0.39, 0.29) is 6.61 Å². The number of aromatic nitrogens is 5. The molecule has 0 amide bonds. The van der Waals surface area contributed by atoms with E-state index in [1.54, 1.807) is 0 Å². The lowest BCUT2D eigenvalue weighted by atomic mass is 9.96. The van der Waals surface area contributed by atoms with Crippen LogP contribution in [0.3, 0.4) is 0 Å². The van der Waals surface area contributed by atoms with Crippen molar-refractivity contribution in [2.45, 2.75) is 52.7 Å². The summed E-state index contributed by atoms with van der Waals surface area (Å²) in [7, 11) is 0. The van der Waals surface area contributed by atoms with Gasteiger partial charge in [0.1, 0.15) is 17.3 Å². The molecule has 0 aliphatic carbocycles. The fraction of sp³-hybridized carbons (Fsp3) is 0.647. The van der Waals surface area contributed by atoms with Crippen LogP contribution in [0.1, 0.15) is 43.3 Å². The average Bonchev–Trinajstić information content (AvgIpc) is 3.05. The highest BCUT2D eigenvalue weighted by atomic mass is 16.3. The maximum absolute atomic E-state index is 9.08. The SMILES string of the molecule is CCCc1cnc(C)nc1N1CCC(Cn2cc(CO)nn2)CC1. The van der Waals surface area contributed by atoms with Gasteiger partial charge in [-0.3, -0.25) is 4.68 Å². The molecular weight excluding hydrogens is 304 g/mol. The van der Waals surface area contributed by atoms with Gasteiger partial charge >= 0.3 is 0 Å². The first-order chi connectivity index (χ1) is 11.7. The summed E-state index contributed by atoms with van der Waals surface area (Å²) in [6.07, 6.45) is 8.18. The summed E-state index contributed by atoms with van der Waals surface area (Å²) in [5, 5.41) is 17.1. The fourth-order valence-corrected chi connectivity index (χ4v) is 3.29. The lowest BCUT2D eigenvalue weighted by molar-refractivity contribution is 0.276. The molecule has 0 unspecified atom stereocenters. The number of aliphatic hydroxyl groups is 1. The molecule has 0 aromatic carbocycles. The van der Waals surface area contributed by atoms with Gasteiger partial charge in [0.25, 0.3) is 0 Å². The van der Waals surface area contributed by atoms with Gasteiger partial charge in [0.05, 0.1) is 12.8 Å². The molecule has 0 atom stereocenters. The summed E-state index contributed by atoms with van der Waals surface area (Å²) in [4.78, 5) is 11.5. The van der Waals surface area contributed by atoms with Crippen LogP contribution >= 0.6 is 0 Å². The van der Waals surface area contributed by atoms with Gasteiger partial charge in [-0.25, -0.2) is 9.97 Å². The Bertz CT molecular complexity index is 663. The normalized spacial score (nSPS) is 15.9. The Morgan fingerprint density at radius 1 is 1.29 bits per heavy atom. The summed E-state index contributed by atoms with van der Waals surface area (Å²) in [5.41, 5.74) is 1.89. The van der Waals surface area contributed by atoms with Gasteiger partial charge in [-0.1, -0.05) is 18.6 Å². The third-order valence-electron chi connectivity index (χ3n) is 4.59. The van der Waals surface area contributed by atoms with Crippen LogP contribution < -0.4 is 4.90 Å². The van der Waals surface area contributed by atoms with Crippen molar-refractivity contribution < 1.29 is 5.11 Å². The van der Waals surface area contributed by atoms with Crippen molar-refractivity contribution in [2.24, 2.45) is 5.92 Å². The number of anilines is 1. The topological polar surface area (TPSA) is 80.0 Å². The summed E-state index contributed by atoms with van der Waals surface area (Å²) < 4.78 is 1.85. The van der Waals surface area contributed by atoms with E-state index in [0.29, 0.717) is 11.6 Å². The highest BCUT2D eigenvalue weighted by Crippen LogP contribution is 2.26. The van der Waals surface area contributed by atoms with E-state index in [1.807, 2.05) is 24.0 Å². The monoisotopic (exact) mass is 330 g/mol. The quantitative estimate of drug-likeness (QED) is 0.869.